The molecule has 2 rings (SSSR count). The number of aryl methyl sites for hydroxylation is 3. The third kappa shape index (κ3) is 4.34. The van der Waals surface area contributed by atoms with Gasteiger partial charge in [-0.2, -0.15) is 0 Å². The van der Waals surface area contributed by atoms with Gasteiger partial charge in [0, 0.05) is 17.5 Å². The molecule has 1 aromatic carbocycles. The fourth-order valence-corrected chi connectivity index (χ4v) is 4.28. The lowest BCUT2D eigenvalue weighted by molar-refractivity contribution is 1.13. The van der Waals surface area contributed by atoms with Gasteiger partial charge in [-0.15, -0.1) is 23.5 Å². The van der Waals surface area contributed by atoms with E-state index >= 15 is 0 Å². The predicted molar refractivity (Wildman–Crippen MR) is 99.7 cm³/mol. The summed E-state index contributed by atoms with van der Waals surface area (Å²) in [6.07, 6.45) is 6.99. The average molecular weight is 337 g/mol. The van der Waals surface area contributed by atoms with Gasteiger partial charge in [-0.1, -0.05) is 29.0 Å². The van der Waals surface area contributed by atoms with Gasteiger partial charge in [0.25, 0.3) is 0 Å². The molecule has 1 heterocycles. The lowest BCUT2D eigenvalue weighted by Gasteiger charge is -2.09. The third-order valence-electron chi connectivity index (χ3n) is 3.27. The second kappa shape index (κ2) is 7.47. The molecule has 1 aromatic heterocycles. The number of thioether (sulfide) groups is 2. The normalized spacial score (nSPS) is 10.7. The number of thiazole rings is 1. The Kier molecular flexibility index (Phi) is 5.90. The lowest BCUT2D eigenvalue weighted by atomic mass is 9.97. The highest BCUT2D eigenvalue weighted by Gasteiger charge is 2.08. The smallest absolute Gasteiger partial charge is 0.210 e. The molecular formula is C16H20N2S3. The van der Waals surface area contributed by atoms with Gasteiger partial charge >= 0.3 is 0 Å². The molecule has 5 heteroatoms. The molecule has 2 nitrogen and oxygen atoms in total. The van der Waals surface area contributed by atoms with Gasteiger partial charge in [-0.25, -0.2) is 9.98 Å². The fourth-order valence-electron chi connectivity index (χ4n) is 2.35. The monoisotopic (exact) mass is 336 g/mol. The summed E-state index contributed by atoms with van der Waals surface area (Å²) >= 11 is 5.01. The molecule has 0 N–H and O–H groups in total. The second-order valence-electron chi connectivity index (χ2n) is 4.95. The maximum atomic E-state index is 4.57. The molecule has 0 radical (unpaired) electrons. The Balaban J connectivity index is 2.22. The van der Waals surface area contributed by atoms with Crippen molar-refractivity contribution in [2.24, 2.45) is 4.99 Å². The Hall–Kier alpha value is -0.780. The minimum Gasteiger partial charge on any atom is -0.227 e. The molecule has 0 spiro atoms. The van der Waals surface area contributed by atoms with E-state index in [2.05, 4.69) is 42.9 Å². The van der Waals surface area contributed by atoms with E-state index in [-0.39, 0.29) is 0 Å². The van der Waals surface area contributed by atoms with E-state index in [4.69, 9.17) is 0 Å². The highest BCUT2D eigenvalue weighted by Crippen LogP contribution is 2.28. The SMILES string of the molecule is CSC(=Nc1ncc(Cc2c(C)cc(C)cc2C)s1)SC. The molecule has 0 unspecified atom stereocenters. The first kappa shape index (κ1) is 16.6. The van der Waals surface area contributed by atoms with Crippen molar-refractivity contribution in [2.75, 3.05) is 12.5 Å². The van der Waals surface area contributed by atoms with Crippen LogP contribution in [0.15, 0.2) is 23.3 Å². The minimum atomic E-state index is 0.853. The topological polar surface area (TPSA) is 25.2 Å². The Morgan fingerprint density at radius 2 is 1.76 bits per heavy atom. The molecule has 2 aromatic rings. The van der Waals surface area contributed by atoms with Crippen molar-refractivity contribution >= 4 is 44.4 Å². The third-order valence-corrected chi connectivity index (χ3v) is 6.04. The summed E-state index contributed by atoms with van der Waals surface area (Å²) in [5.41, 5.74) is 5.46. The molecular weight excluding hydrogens is 316 g/mol. The summed E-state index contributed by atoms with van der Waals surface area (Å²) in [5.74, 6) is 0. The number of aromatic nitrogens is 1. The first-order chi connectivity index (χ1) is 10.0. The van der Waals surface area contributed by atoms with Crippen molar-refractivity contribution in [3.05, 3.63) is 45.5 Å². The molecule has 0 bridgehead atoms. The molecule has 0 aliphatic heterocycles. The summed E-state index contributed by atoms with van der Waals surface area (Å²) < 4.78 is 1.05. The molecule has 0 saturated carbocycles. The Bertz CT molecular complexity index is 630. The van der Waals surface area contributed by atoms with Gasteiger partial charge in [0.15, 0.2) is 0 Å². The van der Waals surface area contributed by atoms with Crippen LogP contribution in [-0.2, 0) is 6.42 Å². The first-order valence-electron chi connectivity index (χ1n) is 6.71. The summed E-state index contributed by atoms with van der Waals surface area (Å²) in [4.78, 5) is 10.3. The Morgan fingerprint density at radius 3 is 2.33 bits per heavy atom. The zero-order valence-corrected chi connectivity index (χ0v) is 15.5. The minimum absolute atomic E-state index is 0.853. The van der Waals surface area contributed by atoms with Crippen LogP contribution >= 0.6 is 34.9 Å². The summed E-state index contributed by atoms with van der Waals surface area (Å²) in [6, 6.07) is 4.50. The summed E-state index contributed by atoms with van der Waals surface area (Å²) in [5, 5.41) is 0.853. The molecule has 0 saturated heterocycles. The van der Waals surface area contributed by atoms with Crippen LogP contribution in [0.25, 0.3) is 0 Å². The van der Waals surface area contributed by atoms with Crippen molar-refractivity contribution in [1.82, 2.24) is 4.98 Å². The highest BCUT2D eigenvalue weighted by molar-refractivity contribution is 8.38. The number of hydrogen-bond acceptors (Lipinski definition) is 5. The zero-order valence-electron chi connectivity index (χ0n) is 13.1. The molecule has 0 atom stereocenters. The number of nitrogens with zero attached hydrogens (tertiary/aromatic N) is 2. The Labute approximate surface area is 139 Å². The number of benzene rings is 1. The summed E-state index contributed by atoms with van der Waals surface area (Å²) in [6.45, 7) is 6.53. The van der Waals surface area contributed by atoms with Gasteiger partial charge < -0.3 is 0 Å². The van der Waals surface area contributed by atoms with Gasteiger partial charge in [0.2, 0.25) is 5.13 Å². The molecule has 0 fully saturated rings. The van der Waals surface area contributed by atoms with Gasteiger partial charge in [-0.05, 0) is 50.0 Å². The van der Waals surface area contributed by atoms with E-state index in [0.717, 1.165) is 15.9 Å². The van der Waals surface area contributed by atoms with E-state index in [1.807, 2.05) is 18.7 Å². The van der Waals surface area contributed by atoms with Crippen LogP contribution in [-0.4, -0.2) is 21.9 Å². The van der Waals surface area contributed by atoms with E-state index in [1.165, 1.54) is 27.1 Å². The van der Waals surface area contributed by atoms with Gasteiger partial charge in [0.1, 0.15) is 4.38 Å². The van der Waals surface area contributed by atoms with Gasteiger partial charge in [0.05, 0.1) is 0 Å². The standard InChI is InChI=1S/C16H20N2S3/c1-10-6-11(2)14(12(3)7-10)8-13-9-17-15(21-13)18-16(19-4)20-5/h6-7,9H,8H2,1-5H3. The van der Waals surface area contributed by atoms with Crippen LogP contribution in [0, 0.1) is 20.8 Å². The average Bonchev–Trinajstić information content (AvgIpc) is 2.87. The number of aliphatic imine (C=N–C) groups is 1. The van der Waals surface area contributed by atoms with Crippen molar-refractivity contribution in [3.63, 3.8) is 0 Å². The van der Waals surface area contributed by atoms with E-state index in [1.54, 1.807) is 34.9 Å². The molecule has 0 aliphatic rings. The van der Waals surface area contributed by atoms with Crippen LogP contribution in [0.5, 0.6) is 0 Å². The summed E-state index contributed by atoms with van der Waals surface area (Å²) in [7, 11) is 0. The van der Waals surface area contributed by atoms with Crippen molar-refractivity contribution < 1.29 is 0 Å². The maximum Gasteiger partial charge on any atom is 0.210 e. The number of hydrogen-bond donors (Lipinski definition) is 0. The first-order valence-corrected chi connectivity index (χ1v) is 9.98. The Morgan fingerprint density at radius 1 is 1.14 bits per heavy atom. The van der Waals surface area contributed by atoms with E-state index < -0.39 is 0 Å². The lowest BCUT2D eigenvalue weighted by Crippen LogP contribution is -1.95. The molecule has 0 aliphatic carbocycles. The van der Waals surface area contributed by atoms with E-state index in [9.17, 15) is 0 Å². The quantitative estimate of drug-likeness (QED) is 0.556. The van der Waals surface area contributed by atoms with Crippen molar-refractivity contribution in [1.29, 1.82) is 0 Å². The van der Waals surface area contributed by atoms with Crippen LogP contribution in [0.3, 0.4) is 0 Å². The predicted octanol–water partition coefficient (Wildman–Crippen LogP) is 5.37. The number of rotatable bonds is 3. The van der Waals surface area contributed by atoms with Crippen LogP contribution in [0.1, 0.15) is 27.1 Å². The second-order valence-corrected chi connectivity index (χ2v) is 7.89. The molecule has 0 amide bonds. The van der Waals surface area contributed by atoms with Crippen LogP contribution in [0.2, 0.25) is 0 Å². The maximum absolute atomic E-state index is 4.57. The van der Waals surface area contributed by atoms with Gasteiger partial charge in [-0.3, -0.25) is 0 Å². The van der Waals surface area contributed by atoms with E-state index in [0.29, 0.717) is 0 Å². The highest BCUT2D eigenvalue weighted by atomic mass is 32.2. The largest absolute Gasteiger partial charge is 0.227 e. The van der Waals surface area contributed by atoms with Crippen molar-refractivity contribution in [2.45, 2.75) is 27.2 Å². The van der Waals surface area contributed by atoms with Crippen molar-refractivity contribution in [3.8, 4) is 0 Å². The zero-order chi connectivity index (χ0) is 15.4. The molecule has 112 valence electrons. The van der Waals surface area contributed by atoms with Crippen LogP contribution in [0.4, 0.5) is 5.13 Å². The van der Waals surface area contributed by atoms with Crippen LogP contribution < -0.4 is 0 Å². The molecule has 21 heavy (non-hydrogen) atoms. The fraction of sp³-hybridized carbons (Fsp3) is 0.375.